The summed E-state index contributed by atoms with van der Waals surface area (Å²) in [6, 6.07) is 69.3. The lowest BCUT2D eigenvalue weighted by molar-refractivity contribution is 0.589. The van der Waals surface area contributed by atoms with Crippen LogP contribution in [0.4, 0.5) is 34.1 Å². The number of benzene rings is 9. The second-order valence-electron chi connectivity index (χ2n) is 26.2. The lowest BCUT2D eigenvalue weighted by Gasteiger charge is -2.45. The van der Waals surface area contributed by atoms with E-state index < -0.39 is 5.41 Å². The predicted octanol–water partition coefficient (Wildman–Crippen LogP) is 17.7. The fourth-order valence-corrected chi connectivity index (χ4v) is 14.7. The summed E-state index contributed by atoms with van der Waals surface area (Å²) < 4.78 is 2.66. The molecule has 0 radical (unpaired) electrons. The molecule has 0 saturated carbocycles. The average molecular weight is 989 g/mol. The average Bonchev–Trinajstić information content (AvgIpc) is 4.23. The number of anilines is 6. The molecule has 1 aromatic heterocycles. The molecule has 75 heavy (non-hydrogen) atoms. The molecule has 10 aromatic rings. The SMILES string of the molecule is CC(C)(C)c1ccc(N2c3cc(C(C)(C)C)ccc3B3c4cc5sc6cc7c(cc6c5cc4N(c4ccc(C(C)(C)C)cc4)c4cc(C(C)(C)C)cc2c43)-c2ccccc2C72c3ccccc3-c3ccccc32)cc1. The van der Waals surface area contributed by atoms with E-state index in [2.05, 4.69) is 269 Å². The molecule has 0 N–H and O–H groups in total. The van der Waals surface area contributed by atoms with Crippen LogP contribution in [0.25, 0.3) is 42.4 Å². The zero-order chi connectivity index (χ0) is 51.9. The van der Waals surface area contributed by atoms with E-state index in [1.165, 1.54) is 137 Å². The summed E-state index contributed by atoms with van der Waals surface area (Å²) in [6.45, 7) is 28.1. The van der Waals surface area contributed by atoms with E-state index >= 15 is 0 Å². The summed E-state index contributed by atoms with van der Waals surface area (Å²) >= 11 is 1.97. The molecule has 0 fully saturated rings. The molecular weight excluding hydrogens is 924 g/mol. The molecule has 14 rings (SSSR count). The van der Waals surface area contributed by atoms with Gasteiger partial charge in [0.1, 0.15) is 0 Å². The maximum Gasteiger partial charge on any atom is 0.252 e. The van der Waals surface area contributed by atoms with Gasteiger partial charge >= 0.3 is 0 Å². The van der Waals surface area contributed by atoms with E-state index in [1.807, 2.05) is 11.3 Å². The minimum atomic E-state index is -0.391. The molecule has 1 spiro atoms. The van der Waals surface area contributed by atoms with Gasteiger partial charge in [0, 0.05) is 54.3 Å². The van der Waals surface area contributed by atoms with Crippen LogP contribution >= 0.6 is 11.3 Å². The Kier molecular flexibility index (Phi) is 9.58. The molecule has 2 aliphatic heterocycles. The quantitative estimate of drug-likeness (QED) is 0.159. The summed E-state index contributed by atoms with van der Waals surface area (Å²) in [5.41, 5.74) is 27.2. The Morgan fingerprint density at radius 3 is 1.25 bits per heavy atom. The molecule has 4 heteroatoms. The molecule has 368 valence electrons. The molecule has 0 bridgehead atoms. The third-order valence-corrected chi connectivity index (χ3v) is 18.6. The highest BCUT2D eigenvalue weighted by atomic mass is 32.1. The maximum atomic E-state index is 2.63. The lowest BCUT2D eigenvalue weighted by Crippen LogP contribution is -2.61. The molecule has 4 aliphatic rings. The molecule has 0 amide bonds. The largest absolute Gasteiger partial charge is 0.311 e. The minimum absolute atomic E-state index is 0.000473. The Hall–Kier alpha value is -7.14. The fourth-order valence-electron chi connectivity index (χ4n) is 13.5. The molecule has 0 atom stereocenters. The van der Waals surface area contributed by atoms with Gasteiger partial charge in [-0.1, -0.05) is 192 Å². The number of rotatable bonds is 2. The van der Waals surface area contributed by atoms with Crippen LogP contribution in [0.1, 0.15) is 128 Å². The van der Waals surface area contributed by atoms with E-state index in [0.717, 1.165) is 0 Å². The van der Waals surface area contributed by atoms with Crippen molar-refractivity contribution in [1.82, 2.24) is 0 Å². The van der Waals surface area contributed by atoms with Crippen molar-refractivity contribution in [1.29, 1.82) is 0 Å². The molecule has 9 aromatic carbocycles. The van der Waals surface area contributed by atoms with Crippen LogP contribution in [-0.4, -0.2) is 6.71 Å². The normalized spacial score (nSPS) is 15.0. The Labute approximate surface area is 448 Å². The van der Waals surface area contributed by atoms with Crippen molar-refractivity contribution in [3.05, 3.63) is 220 Å². The topological polar surface area (TPSA) is 6.48 Å². The van der Waals surface area contributed by atoms with E-state index in [-0.39, 0.29) is 28.4 Å². The van der Waals surface area contributed by atoms with Gasteiger partial charge in [-0.15, -0.1) is 11.3 Å². The van der Waals surface area contributed by atoms with Gasteiger partial charge in [-0.05, 0) is 172 Å². The van der Waals surface area contributed by atoms with Crippen LogP contribution in [0.2, 0.25) is 0 Å². The monoisotopic (exact) mass is 988 g/mol. The zero-order valence-electron chi connectivity index (χ0n) is 45.6. The molecule has 0 saturated heterocycles. The summed E-state index contributed by atoms with van der Waals surface area (Å²) in [4.78, 5) is 5.24. The first kappa shape index (κ1) is 46.4. The summed E-state index contributed by atoms with van der Waals surface area (Å²) in [7, 11) is 0. The standard InChI is InChI=1S/C71H65BN2S/c1-67(2,3)42-25-30-46(31-26-42)73-60-35-44(69(7,8)9)29-34-58(60)72-59-41-65-53(39-61(59)74(47-32-27-43(28-33-47)68(4,5)6)63-37-45(70(10,11)12)36-62(73)66(63)72)52-38-51-50-21-15-18-24-56(50)71(57(51)40-64(52)75-65)54-22-16-13-19-48(54)49-20-14-17-23-55(49)71/h13-41H,1-12H3. The van der Waals surface area contributed by atoms with Gasteiger partial charge in [-0.2, -0.15) is 0 Å². The van der Waals surface area contributed by atoms with Gasteiger partial charge in [-0.3, -0.25) is 0 Å². The molecule has 3 heterocycles. The Balaban J connectivity index is 1.07. The highest BCUT2D eigenvalue weighted by Gasteiger charge is 2.52. The Morgan fingerprint density at radius 2 is 0.760 bits per heavy atom. The second-order valence-corrected chi connectivity index (χ2v) is 27.3. The second kappa shape index (κ2) is 15.5. The van der Waals surface area contributed by atoms with Gasteiger partial charge in [0.25, 0.3) is 6.71 Å². The third-order valence-electron chi connectivity index (χ3n) is 17.5. The van der Waals surface area contributed by atoms with E-state index in [0.29, 0.717) is 0 Å². The summed E-state index contributed by atoms with van der Waals surface area (Å²) in [5.74, 6) is 0. The first-order valence-corrected chi connectivity index (χ1v) is 28.0. The van der Waals surface area contributed by atoms with Crippen molar-refractivity contribution in [2.75, 3.05) is 9.80 Å². The van der Waals surface area contributed by atoms with Gasteiger partial charge in [0.05, 0.1) is 5.41 Å². The van der Waals surface area contributed by atoms with Crippen LogP contribution in [0, 0.1) is 0 Å². The molecule has 2 aliphatic carbocycles. The van der Waals surface area contributed by atoms with Crippen molar-refractivity contribution in [2.45, 2.75) is 110 Å². The van der Waals surface area contributed by atoms with Crippen molar-refractivity contribution < 1.29 is 0 Å². The van der Waals surface area contributed by atoms with E-state index in [4.69, 9.17) is 0 Å². The Bertz CT molecular complexity index is 4000. The first-order chi connectivity index (χ1) is 35.7. The van der Waals surface area contributed by atoms with Crippen LogP contribution in [0.5, 0.6) is 0 Å². The van der Waals surface area contributed by atoms with Crippen molar-refractivity contribution in [3.8, 4) is 22.3 Å². The van der Waals surface area contributed by atoms with Crippen LogP contribution in [0.3, 0.4) is 0 Å². The number of hydrogen-bond donors (Lipinski definition) is 0. The number of fused-ring (bicyclic) bond motifs is 17. The van der Waals surface area contributed by atoms with Crippen LogP contribution in [-0.2, 0) is 27.1 Å². The van der Waals surface area contributed by atoms with Crippen molar-refractivity contribution in [3.63, 3.8) is 0 Å². The minimum Gasteiger partial charge on any atom is -0.311 e. The summed E-state index contributed by atoms with van der Waals surface area (Å²) in [6.07, 6.45) is 0. The van der Waals surface area contributed by atoms with Gasteiger partial charge in [0.2, 0.25) is 0 Å². The third kappa shape index (κ3) is 6.57. The van der Waals surface area contributed by atoms with Gasteiger partial charge in [0.15, 0.2) is 0 Å². The number of hydrogen-bond acceptors (Lipinski definition) is 3. The molecule has 0 unspecified atom stereocenters. The lowest BCUT2D eigenvalue weighted by atomic mass is 9.33. The predicted molar refractivity (Wildman–Crippen MR) is 324 cm³/mol. The zero-order valence-corrected chi connectivity index (χ0v) is 46.4. The van der Waals surface area contributed by atoms with E-state index in [1.54, 1.807) is 0 Å². The highest BCUT2D eigenvalue weighted by Crippen LogP contribution is 2.64. The van der Waals surface area contributed by atoms with Gasteiger partial charge in [-0.25, -0.2) is 0 Å². The maximum absolute atomic E-state index is 2.63. The van der Waals surface area contributed by atoms with Crippen molar-refractivity contribution >= 4 is 88.7 Å². The number of thiophene rings is 1. The van der Waals surface area contributed by atoms with Crippen LogP contribution in [0.15, 0.2) is 176 Å². The smallest absolute Gasteiger partial charge is 0.252 e. The number of nitrogens with zero attached hydrogens (tertiary/aromatic N) is 2. The summed E-state index contributed by atoms with van der Waals surface area (Å²) in [5, 5.41) is 2.64. The fraction of sp³-hybridized carbons (Fsp3) is 0.239. The van der Waals surface area contributed by atoms with E-state index in [9.17, 15) is 0 Å². The van der Waals surface area contributed by atoms with Crippen LogP contribution < -0.4 is 26.2 Å². The highest BCUT2D eigenvalue weighted by molar-refractivity contribution is 7.26. The first-order valence-electron chi connectivity index (χ1n) is 27.2. The molecular formula is C71H65BN2S. The van der Waals surface area contributed by atoms with Gasteiger partial charge < -0.3 is 9.80 Å². The Morgan fingerprint density at radius 1 is 0.347 bits per heavy atom. The van der Waals surface area contributed by atoms with Crippen molar-refractivity contribution in [2.24, 2.45) is 0 Å². The molecule has 2 nitrogen and oxygen atoms in total.